The summed E-state index contributed by atoms with van der Waals surface area (Å²) in [6, 6.07) is 5.74. The van der Waals surface area contributed by atoms with E-state index in [0.29, 0.717) is 72.8 Å². The SMILES string of the molecule is CC(C)=CCCC(C)C1CCC2(C)C3=C(CCC12C)C1(C)CCC(O)C(C)(C)C1CC3.Cl.Cl.O=C1c2c(O)ccc(O)c2C(=O)c2c(NCCNCCO)ccc(NCCNCCO)c21. The van der Waals surface area contributed by atoms with Gasteiger partial charge >= 0.3 is 0 Å². The number of aromatic hydroxyl groups is 2. The smallest absolute Gasteiger partial charge is 0.200 e. The van der Waals surface area contributed by atoms with E-state index in [1.54, 1.807) is 12.1 Å². The van der Waals surface area contributed by atoms with E-state index in [-0.39, 0.29) is 83.3 Å². The van der Waals surface area contributed by atoms with Crippen molar-refractivity contribution in [2.45, 2.75) is 126 Å². The van der Waals surface area contributed by atoms with Crippen LogP contribution >= 0.6 is 24.8 Å². The Bertz CT molecular complexity index is 1990. The first-order chi connectivity index (χ1) is 29.9. The lowest BCUT2D eigenvalue weighted by Crippen LogP contribution is -2.55. The Kier molecular flexibility index (Phi) is 18.7. The Morgan fingerprint density at radius 3 is 1.75 bits per heavy atom. The molecule has 0 heterocycles. The Hall–Kier alpha value is -3.16. The molecule has 0 aliphatic heterocycles. The van der Waals surface area contributed by atoms with E-state index in [2.05, 4.69) is 82.7 Å². The number of carbonyl (C=O) groups excluding carboxylic acids is 2. The maximum Gasteiger partial charge on any atom is 0.200 e. The average Bonchev–Trinajstić information content (AvgIpc) is 3.53. The van der Waals surface area contributed by atoms with Crippen LogP contribution < -0.4 is 21.3 Å². The third-order valence-corrected chi connectivity index (χ3v) is 16.7. The Labute approximate surface area is 400 Å². The van der Waals surface area contributed by atoms with Crippen LogP contribution in [0.3, 0.4) is 0 Å². The van der Waals surface area contributed by atoms with Gasteiger partial charge in [0.15, 0.2) is 0 Å². The fraction of sp³-hybridized carbons (Fsp3) is 0.654. The van der Waals surface area contributed by atoms with Crippen LogP contribution in [-0.2, 0) is 0 Å². The van der Waals surface area contributed by atoms with Crippen molar-refractivity contribution in [1.29, 1.82) is 0 Å². The molecule has 2 saturated carbocycles. The molecule has 2 fully saturated rings. The van der Waals surface area contributed by atoms with E-state index in [1.165, 1.54) is 75.5 Å². The number of ketones is 2. The molecule has 0 bridgehead atoms. The molecular weight excluding hydrogens is 863 g/mol. The van der Waals surface area contributed by atoms with E-state index in [0.717, 1.165) is 18.3 Å². The lowest BCUT2D eigenvalue weighted by atomic mass is 9.43. The molecule has 0 amide bonds. The monoisotopic (exact) mass is 943 g/mol. The molecule has 0 radical (unpaired) electrons. The Balaban J connectivity index is 0.000000276. The first-order valence-electron chi connectivity index (χ1n) is 23.9. The summed E-state index contributed by atoms with van der Waals surface area (Å²) in [4.78, 5) is 26.7. The first kappa shape index (κ1) is 54.4. The number of aliphatic hydroxyl groups is 3. The summed E-state index contributed by atoms with van der Waals surface area (Å²) in [7, 11) is 0. The van der Waals surface area contributed by atoms with Gasteiger partial charge in [0.05, 0.1) is 41.6 Å². The molecule has 7 atom stereocenters. The van der Waals surface area contributed by atoms with Crippen LogP contribution in [0.1, 0.15) is 151 Å². The highest BCUT2D eigenvalue weighted by molar-refractivity contribution is 6.33. The fourth-order valence-electron chi connectivity index (χ4n) is 13.1. The summed E-state index contributed by atoms with van der Waals surface area (Å²) >= 11 is 0. The molecule has 5 aliphatic rings. The maximum atomic E-state index is 13.4. The summed E-state index contributed by atoms with van der Waals surface area (Å²) in [6.45, 7) is 22.4. The van der Waals surface area contributed by atoms with Gasteiger partial charge in [0.1, 0.15) is 11.5 Å². The Morgan fingerprint density at radius 1 is 0.708 bits per heavy atom. The lowest BCUT2D eigenvalue weighted by molar-refractivity contribution is -0.0962. The highest BCUT2D eigenvalue weighted by atomic mass is 35.5. The standard InChI is InChI=1S/C30H50O.C22H28N4O6.2ClH/c1-20(2)10-9-11-21(3)22-14-18-30(8)24-12-13-25-27(4,5)26(31)16-17-28(25,6)23(24)15-19-29(22,30)7;27-11-9-23-5-7-25-13-1-2-14(26-8-6-24-10-12-28)18-17(13)21(31)19-15(29)3-4-16(30)20(19)22(18)32;;/h10,21-22,25-26,31H,9,11-19H2,1-8H3;1-4,23-30H,5-12H2;2*1H. The second-order valence-electron chi connectivity index (χ2n) is 20.8. The second kappa shape index (κ2) is 22.3. The van der Waals surface area contributed by atoms with E-state index in [1.807, 2.05) is 11.1 Å². The third kappa shape index (κ3) is 10.3. The van der Waals surface area contributed by atoms with Crippen molar-refractivity contribution in [3.05, 3.63) is 69.3 Å². The number of hydrogen-bond donors (Lipinski definition) is 9. The number of carbonyl (C=O) groups is 2. The highest BCUT2D eigenvalue weighted by Gasteiger charge is 2.63. The zero-order valence-corrected chi connectivity index (χ0v) is 41.9. The quantitative estimate of drug-likeness (QED) is 0.0379. The average molecular weight is 944 g/mol. The van der Waals surface area contributed by atoms with Crippen LogP contribution in [0.5, 0.6) is 11.5 Å². The zero-order chi connectivity index (χ0) is 45.9. The molecule has 7 unspecified atom stereocenters. The summed E-state index contributed by atoms with van der Waals surface area (Å²) in [5, 5.41) is 61.4. The van der Waals surface area contributed by atoms with Gasteiger partial charge in [-0.3, -0.25) is 9.59 Å². The second-order valence-corrected chi connectivity index (χ2v) is 20.8. The molecule has 2 aromatic rings. The summed E-state index contributed by atoms with van der Waals surface area (Å²) in [5.41, 5.74) is 7.09. The summed E-state index contributed by atoms with van der Waals surface area (Å²) in [6.07, 6.45) is 15.2. The molecule has 11 nitrogen and oxygen atoms in total. The van der Waals surface area contributed by atoms with Crippen molar-refractivity contribution < 1.29 is 35.1 Å². The number of phenols is 2. The van der Waals surface area contributed by atoms with Gasteiger partial charge in [-0.15, -0.1) is 24.8 Å². The molecule has 2 aromatic carbocycles. The number of aliphatic hydroxyl groups excluding tert-OH is 3. The zero-order valence-electron chi connectivity index (χ0n) is 40.3. The number of fused-ring (bicyclic) bond motifs is 6. The molecule has 5 aliphatic carbocycles. The topological polar surface area (TPSA) is 183 Å². The minimum absolute atomic E-state index is 0. The van der Waals surface area contributed by atoms with Gasteiger partial charge in [0, 0.05) is 50.6 Å². The van der Waals surface area contributed by atoms with Gasteiger partial charge in [-0.05, 0) is 142 Å². The van der Waals surface area contributed by atoms with Crippen LogP contribution in [-0.4, -0.2) is 95.7 Å². The van der Waals surface area contributed by atoms with E-state index in [4.69, 9.17) is 10.2 Å². The molecule has 0 spiro atoms. The Morgan fingerprint density at radius 2 is 1.25 bits per heavy atom. The van der Waals surface area contributed by atoms with Gasteiger partial charge in [-0.25, -0.2) is 0 Å². The van der Waals surface area contributed by atoms with Crippen molar-refractivity contribution in [3.63, 3.8) is 0 Å². The number of phenolic OH excluding ortho intramolecular Hbond substituents is 2. The van der Waals surface area contributed by atoms with Crippen molar-refractivity contribution >= 4 is 47.8 Å². The molecule has 7 rings (SSSR count). The van der Waals surface area contributed by atoms with Crippen molar-refractivity contribution in [3.8, 4) is 11.5 Å². The summed E-state index contributed by atoms with van der Waals surface area (Å²) < 4.78 is 0. The van der Waals surface area contributed by atoms with Crippen molar-refractivity contribution in [1.82, 2.24) is 10.6 Å². The number of halogens is 2. The number of benzene rings is 2. The first-order valence-corrected chi connectivity index (χ1v) is 23.9. The minimum Gasteiger partial charge on any atom is -0.507 e. The fourth-order valence-corrected chi connectivity index (χ4v) is 13.1. The van der Waals surface area contributed by atoms with Gasteiger partial charge in [0.2, 0.25) is 11.6 Å². The maximum absolute atomic E-state index is 13.4. The number of rotatable bonds is 16. The van der Waals surface area contributed by atoms with Gasteiger partial charge in [-0.1, -0.05) is 64.3 Å². The number of anilines is 2. The predicted octanol–water partition coefficient (Wildman–Crippen LogP) is 9.18. The number of hydrogen-bond acceptors (Lipinski definition) is 11. The van der Waals surface area contributed by atoms with E-state index in [9.17, 15) is 24.9 Å². The van der Waals surface area contributed by atoms with Crippen LogP contribution in [0, 0.1) is 39.4 Å². The molecule has 9 N–H and O–H groups in total. The van der Waals surface area contributed by atoms with Crippen molar-refractivity contribution in [2.75, 3.05) is 63.1 Å². The molecule has 0 aromatic heterocycles. The number of nitrogens with one attached hydrogen (secondary N) is 4. The van der Waals surface area contributed by atoms with E-state index < -0.39 is 11.6 Å². The largest absolute Gasteiger partial charge is 0.507 e. The summed E-state index contributed by atoms with van der Waals surface area (Å²) in [5.74, 6) is 0.461. The highest BCUT2D eigenvalue weighted by Crippen LogP contribution is 2.72. The van der Waals surface area contributed by atoms with Crippen LogP contribution in [0.2, 0.25) is 0 Å². The van der Waals surface area contributed by atoms with E-state index >= 15 is 0 Å². The number of allylic oxidation sites excluding steroid dienone is 4. The minimum atomic E-state index is -0.559. The van der Waals surface area contributed by atoms with Crippen LogP contribution in [0.15, 0.2) is 47.1 Å². The van der Waals surface area contributed by atoms with Crippen LogP contribution in [0.25, 0.3) is 0 Å². The molecule has 0 saturated heterocycles. The molecule has 364 valence electrons. The van der Waals surface area contributed by atoms with Crippen molar-refractivity contribution in [2.24, 2.45) is 39.4 Å². The molecule has 13 heteroatoms. The molecule has 65 heavy (non-hydrogen) atoms. The molecular formula is C52H80Cl2N4O7. The van der Waals surface area contributed by atoms with Gasteiger partial charge in [-0.2, -0.15) is 0 Å². The lowest BCUT2D eigenvalue weighted by Gasteiger charge is -2.62. The predicted molar refractivity (Wildman–Crippen MR) is 267 cm³/mol. The van der Waals surface area contributed by atoms with Gasteiger partial charge < -0.3 is 46.8 Å². The third-order valence-electron chi connectivity index (χ3n) is 16.7. The van der Waals surface area contributed by atoms with Crippen LogP contribution in [0.4, 0.5) is 11.4 Å². The normalized spacial score (nSPS) is 27.5. The van der Waals surface area contributed by atoms with Gasteiger partial charge in [0.25, 0.3) is 0 Å².